The predicted octanol–water partition coefficient (Wildman–Crippen LogP) is 2.95. The summed E-state index contributed by atoms with van der Waals surface area (Å²) in [6, 6.07) is 0. The molecule has 3 aliphatic rings. The van der Waals surface area contributed by atoms with Crippen LogP contribution >= 0.6 is 0 Å². The van der Waals surface area contributed by atoms with E-state index in [0.717, 1.165) is 25.7 Å². The van der Waals surface area contributed by atoms with Gasteiger partial charge in [0.25, 0.3) is 0 Å². The molecule has 4 atom stereocenters. The average Bonchev–Trinajstić information content (AvgIpc) is 2.82. The maximum atomic E-state index is 12.1. The number of hydrogen-bond donors (Lipinski definition) is 0. The van der Waals surface area contributed by atoms with E-state index in [-0.39, 0.29) is 5.60 Å². The van der Waals surface area contributed by atoms with Crippen molar-refractivity contribution in [2.45, 2.75) is 64.6 Å². The molecule has 2 nitrogen and oxygen atoms in total. The van der Waals surface area contributed by atoms with Crippen LogP contribution in [0.5, 0.6) is 0 Å². The Balaban J connectivity index is 1.78. The highest BCUT2D eigenvalue weighted by atomic mass is 16.6. The fourth-order valence-electron chi connectivity index (χ4n) is 3.95. The number of hydrogen-bond acceptors (Lipinski definition) is 2. The van der Waals surface area contributed by atoms with E-state index >= 15 is 0 Å². The largest absolute Gasteiger partial charge is 0.366 e. The molecule has 0 aromatic heterocycles. The van der Waals surface area contributed by atoms with Gasteiger partial charge in [-0.15, -0.1) is 0 Å². The average molecular weight is 222 g/mol. The van der Waals surface area contributed by atoms with E-state index in [2.05, 4.69) is 20.8 Å². The van der Waals surface area contributed by atoms with Crippen LogP contribution in [0.25, 0.3) is 0 Å². The highest BCUT2D eigenvalue weighted by molar-refractivity contribution is 5.82. The van der Waals surface area contributed by atoms with E-state index in [1.54, 1.807) is 0 Å². The van der Waals surface area contributed by atoms with Crippen molar-refractivity contribution in [1.29, 1.82) is 0 Å². The quantitative estimate of drug-likeness (QED) is 0.590. The third-order valence-corrected chi connectivity index (χ3v) is 5.29. The van der Waals surface area contributed by atoms with Gasteiger partial charge in [-0.3, -0.25) is 4.79 Å². The molecule has 1 aliphatic heterocycles. The molecule has 90 valence electrons. The molecule has 16 heavy (non-hydrogen) atoms. The lowest BCUT2D eigenvalue weighted by atomic mass is 9.53. The molecule has 2 aliphatic carbocycles. The van der Waals surface area contributed by atoms with E-state index in [0.29, 0.717) is 29.1 Å². The number of carbonyl (C=O) groups excluding carboxylic acids is 1. The van der Waals surface area contributed by atoms with Crippen molar-refractivity contribution in [1.82, 2.24) is 0 Å². The molecule has 1 heterocycles. The summed E-state index contributed by atoms with van der Waals surface area (Å²) in [5, 5.41) is 0. The van der Waals surface area contributed by atoms with Crippen molar-refractivity contribution < 1.29 is 9.53 Å². The first-order valence-electron chi connectivity index (χ1n) is 6.63. The molecule has 3 rings (SSSR count). The molecule has 0 N–H and O–H groups in total. The zero-order chi connectivity index (χ0) is 11.6. The first kappa shape index (κ1) is 10.8. The molecule has 0 aromatic carbocycles. The van der Waals surface area contributed by atoms with Crippen LogP contribution in [0.3, 0.4) is 0 Å². The standard InChI is InChI=1S/C14H22O2/c1-13(2)8-9-10(13)6-7-14(3)12(16-14)5-4-11(9)15/h9-10,12H,4-8H2,1-3H3/t9-,10+,12-,14+/m0/s1. The van der Waals surface area contributed by atoms with Gasteiger partial charge in [0.15, 0.2) is 0 Å². The molecular formula is C14H22O2. The summed E-state index contributed by atoms with van der Waals surface area (Å²) in [6.45, 7) is 6.84. The molecule has 2 saturated carbocycles. The monoisotopic (exact) mass is 222 g/mol. The van der Waals surface area contributed by atoms with E-state index in [1.165, 1.54) is 6.42 Å². The third-order valence-electron chi connectivity index (χ3n) is 5.29. The number of ketones is 1. The van der Waals surface area contributed by atoms with Gasteiger partial charge in [-0.2, -0.15) is 0 Å². The first-order chi connectivity index (χ1) is 7.42. The zero-order valence-electron chi connectivity index (χ0n) is 10.6. The topological polar surface area (TPSA) is 29.6 Å². The Kier molecular flexibility index (Phi) is 2.08. The summed E-state index contributed by atoms with van der Waals surface area (Å²) in [4.78, 5) is 12.1. The van der Waals surface area contributed by atoms with Gasteiger partial charge in [0.2, 0.25) is 0 Å². The molecule has 0 spiro atoms. The van der Waals surface area contributed by atoms with Gasteiger partial charge >= 0.3 is 0 Å². The minimum atomic E-state index is 0.112. The molecule has 1 saturated heterocycles. The minimum absolute atomic E-state index is 0.112. The second-order valence-corrected chi connectivity index (χ2v) is 6.87. The first-order valence-corrected chi connectivity index (χ1v) is 6.63. The Morgan fingerprint density at radius 3 is 2.69 bits per heavy atom. The van der Waals surface area contributed by atoms with Gasteiger partial charge in [0, 0.05) is 12.3 Å². The lowest BCUT2D eigenvalue weighted by Crippen LogP contribution is -2.47. The maximum Gasteiger partial charge on any atom is 0.136 e. The molecular weight excluding hydrogens is 200 g/mol. The summed E-state index contributed by atoms with van der Waals surface area (Å²) in [5.41, 5.74) is 0.492. The number of carbonyl (C=O) groups is 1. The highest BCUT2D eigenvalue weighted by Crippen LogP contribution is 2.57. The predicted molar refractivity (Wildman–Crippen MR) is 62.1 cm³/mol. The summed E-state index contributed by atoms with van der Waals surface area (Å²) < 4.78 is 5.75. The fourth-order valence-corrected chi connectivity index (χ4v) is 3.95. The number of epoxide rings is 1. The third kappa shape index (κ3) is 1.46. The molecule has 0 unspecified atom stereocenters. The number of ether oxygens (including phenoxy) is 1. The van der Waals surface area contributed by atoms with Crippen molar-refractivity contribution in [2.75, 3.05) is 0 Å². The van der Waals surface area contributed by atoms with E-state index in [9.17, 15) is 4.79 Å². The van der Waals surface area contributed by atoms with E-state index in [4.69, 9.17) is 4.74 Å². The Hall–Kier alpha value is -0.370. The van der Waals surface area contributed by atoms with Crippen LogP contribution in [-0.4, -0.2) is 17.5 Å². The molecule has 0 aromatic rings. The van der Waals surface area contributed by atoms with Gasteiger partial charge in [-0.05, 0) is 43.9 Å². The smallest absolute Gasteiger partial charge is 0.136 e. The lowest BCUT2D eigenvalue weighted by molar-refractivity contribution is -0.137. The van der Waals surface area contributed by atoms with Crippen LogP contribution in [0.1, 0.15) is 52.9 Å². The van der Waals surface area contributed by atoms with Crippen molar-refractivity contribution in [3.05, 3.63) is 0 Å². The van der Waals surface area contributed by atoms with Crippen LogP contribution in [0.2, 0.25) is 0 Å². The van der Waals surface area contributed by atoms with E-state index in [1.807, 2.05) is 0 Å². The minimum Gasteiger partial charge on any atom is -0.366 e. The van der Waals surface area contributed by atoms with Gasteiger partial charge in [-0.1, -0.05) is 13.8 Å². The Morgan fingerprint density at radius 1 is 1.25 bits per heavy atom. The van der Waals surface area contributed by atoms with Crippen molar-refractivity contribution in [2.24, 2.45) is 17.3 Å². The number of fused-ring (bicyclic) bond motifs is 2. The Morgan fingerprint density at radius 2 is 2.00 bits per heavy atom. The van der Waals surface area contributed by atoms with Gasteiger partial charge in [-0.25, -0.2) is 0 Å². The van der Waals surface area contributed by atoms with Crippen LogP contribution in [-0.2, 0) is 9.53 Å². The molecule has 2 heteroatoms. The van der Waals surface area contributed by atoms with E-state index < -0.39 is 0 Å². The SMILES string of the molecule is CC1(C)C[C@@H]2C(=O)CC[C@@H]3O[C@]3(C)CC[C@H]21. The number of rotatable bonds is 0. The van der Waals surface area contributed by atoms with Crippen LogP contribution in [0.4, 0.5) is 0 Å². The van der Waals surface area contributed by atoms with Crippen molar-refractivity contribution >= 4 is 5.78 Å². The summed E-state index contributed by atoms with van der Waals surface area (Å²) in [5.74, 6) is 1.49. The Labute approximate surface area is 97.7 Å². The summed E-state index contributed by atoms with van der Waals surface area (Å²) >= 11 is 0. The second-order valence-electron chi connectivity index (χ2n) is 6.87. The van der Waals surface area contributed by atoms with Crippen LogP contribution in [0.15, 0.2) is 0 Å². The van der Waals surface area contributed by atoms with Crippen molar-refractivity contribution in [3.8, 4) is 0 Å². The molecule has 0 radical (unpaired) electrons. The molecule has 0 bridgehead atoms. The maximum absolute atomic E-state index is 12.1. The normalized spacial score (nSPS) is 50.2. The number of Topliss-reactive ketones (excluding diaryl/α,β-unsaturated/α-hetero) is 1. The van der Waals surface area contributed by atoms with Gasteiger partial charge in [0.1, 0.15) is 5.78 Å². The fraction of sp³-hybridized carbons (Fsp3) is 0.929. The summed E-state index contributed by atoms with van der Waals surface area (Å²) in [6.07, 6.45) is 5.51. The molecule has 3 fully saturated rings. The van der Waals surface area contributed by atoms with Crippen LogP contribution in [0, 0.1) is 17.3 Å². The summed E-state index contributed by atoms with van der Waals surface area (Å²) in [7, 11) is 0. The molecule has 0 amide bonds. The van der Waals surface area contributed by atoms with Gasteiger partial charge < -0.3 is 4.74 Å². The lowest BCUT2D eigenvalue weighted by Gasteiger charge is -2.51. The van der Waals surface area contributed by atoms with Gasteiger partial charge in [0.05, 0.1) is 11.7 Å². The zero-order valence-corrected chi connectivity index (χ0v) is 10.6. The highest BCUT2D eigenvalue weighted by Gasteiger charge is 2.56. The van der Waals surface area contributed by atoms with Crippen molar-refractivity contribution in [3.63, 3.8) is 0 Å². The van der Waals surface area contributed by atoms with Crippen LogP contribution < -0.4 is 0 Å². The second kappa shape index (κ2) is 3.10. The Bertz CT molecular complexity index is 334.